The van der Waals surface area contributed by atoms with Crippen molar-refractivity contribution >= 4 is 38.6 Å². The molecule has 1 aliphatic carbocycles. The molecule has 0 N–H and O–H groups in total. The van der Waals surface area contributed by atoms with Crippen LogP contribution in [-0.4, -0.2) is 0 Å². The molecular formula is C54H49N. The van der Waals surface area contributed by atoms with E-state index in [1.54, 1.807) is 0 Å². The molecule has 0 bridgehead atoms. The minimum atomic E-state index is -0.0281. The fourth-order valence-electron chi connectivity index (χ4n) is 8.87. The highest BCUT2D eigenvalue weighted by Crippen LogP contribution is 2.48. The van der Waals surface area contributed by atoms with Crippen LogP contribution in [0.1, 0.15) is 69.9 Å². The maximum atomic E-state index is 2.53. The van der Waals surface area contributed by atoms with Gasteiger partial charge in [-0.1, -0.05) is 186 Å². The van der Waals surface area contributed by atoms with Crippen LogP contribution >= 0.6 is 0 Å². The number of nitrogens with zero attached hydrogens (tertiary/aromatic N) is 1. The smallest absolute Gasteiger partial charge is 0.0543 e. The van der Waals surface area contributed by atoms with Crippen LogP contribution < -0.4 is 4.90 Å². The summed E-state index contributed by atoms with van der Waals surface area (Å²) in [6.45, 7) is 6.94. The number of rotatable bonds is 7. The molecule has 0 heterocycles. The molecule has 0 aromatic heterocycles. The van der Waals surface area contributed by atoms with E-state index < -0.39 is 0 Å². The van der Waals surface area contributed by atoms with E-state index in [1.165, 1.54) is 110 Å². The van der Waals surface area contributed by atoms with Gasteiger partial charge in [0, 0.05) is 16.8 Å². The molecule has 0 unspecified atom stereocenters. The highest BCUT2D eigenvalue weighted by atomic mass is 15.1. The predicted octanol–water partition coefficient (Wildman–Crippen LogP) is 15.8. The van der Waals surface area contributed by atoms with Crippen molar-refractivity contribution in [1.29, 1.82) is 0 Å². The third-order valence-electron chi connectivity index (χ3n) is 11.8. The molecule has 0 saturated heterocycles. The van der Waals surface area contributed by atoms with E-state index in [2.05, 4.69) is 202 Å². The number of anilines is 3. The van der Waals surface area contributed by atoms with Gasteiger partial charge in [0.15, 0.2) is 0 Å². The Hall–Kier alpha value is -5.92. The summed E-state index contributed by atoms with van der Waals surface area (Å²) < 4.78 is 0. The normalized spacial score (nSPS) is 13.7. The number of para-hydroxylation sites is 1. The van der Waals surface area contributed by atoms with E-state index in [-0.39, 0.29) is 5.41 Å². The summed E-state index contributed by atoms with van der Waals surface area (Å²) in [5, 5.41) is 5.25. The second-order valence-corrected chi connectivity index (χ2v) is 16.4. The van der Waals surface area contributed by atoms with Crippen molar-refractivity contribution in [3.05, 3.63) is 187 Å². The first-order chi connectivity index (χ1) is 26.9. The molecule has 8 aromatic carbocycles. The quantitative estimate of drug-likeness (QED) is 0.159. The number of benzene rings is 8. The predicted molar refractivity (Wildman–Crippen MR) is 237 cm³/mol. The molecule has 0 radical (unpaired) electrons. The van der Waals surface area contributed by atoms with Crippen LogP contribution in [0.2, 0.25) is 0 Å². The molecule has 9 rings (SSSR count). The molecule has 0 aliphatic heterocycles. The summed E-state index contributed by atoms with van der Waals surface area (Å²) in [5.74, 6) is 0.595. The fourth-order valence-corrected chi connectivity index (χ4v) is 8.87. The van der Waals surface area contributed by atoms with Crippen molar-refractivity contribution in [2.24, 2.45) is 0 Å². The van der Waals surface area contributed by atoms with Crippen molar-refractivity contribution in [1.82, 2.24) is 0 Å². The van der Waals surface area contributed by atoms with E-state index in [1.807, 2.05) is 0 Å². The maximum absolute atomic E-state index is 2.53. The number of hydrogen-bond acceptors (Lipinski definition) is 1. The topological polar surface area (TPSA) is 3.24 Å². The number of hydrogen-bond donors (Lipinski definition) is 0. The molecule has 8 aromatic rings. The summed E-state index contributed by atoms with van der Waals surface area (Å²) in [7, 11) is 0. The lowest BCUT2D eigenvalue weighted by molar-refractivity contribution is 0.445. The zero-order valence-electron chi connectivity index (χ0n) is 32.3. The van der Waals surface area contributed by atoms with Crippen molar-refractivity contribution in [3.63, 3.8) is 0 Å². The molecule has 0 spiro atoms. The van der Waals surface area contributed by atoms with Crippen molar-refractivity contribution in [3.8, 4) is 33.4 Å². The SMILES string of the molecule is CC(C)(C)c1ccc(-c2ccccc2)c(N(c2ccc(-c3ccc4ccccc4c3)cc2)c2ccccc2-c2cccc3cccc(C4CCCCC4)c23)c1. The van der Waals surface area contributed by atoms with Crippen LogP contribution in [0.25, 0.3) is 54.9 Å². The summed E-state index contributed by atoms with van der Waals surface area (Å²) in [6, 6.07) is 65.6. The average molecular weight is 712 g/mol. The van der Waals surface area contributed by atoms with Gasteiger partial charge in [0.1, 0.15) is 0 Å². The lowest BCUT2D eigenvalue weighted by Crippen LogP contribution is -2.16. The van der Waals surface area contributed by atoms with Gasteiger partial charge in [-0.2, -0.15) is 0 Å². The van der Waals surface area contributed by atoms with Gasteiger partial charge in [-0.3, -0.25) is 0 Å². The van der Waals surface area contributed by atoms with Crippen molar-refractivity contribution < 1.29 is 0 Å². The largest absolute Gasteiger partial charge is 0.309 e. The number of fused-ring (bicyclic) bond motifs is 2. The Balaban J connectivity index is 1.28. The molecule has 1 heteroatoms. The first-order valence-corrected chi connectivity index (χ1v) is 20.1. The van der Waals surface area contributed by atoms with Crippen molar-refractivity contribution in [2.45, 2.75) is 64.2 Å². The lowest BCUT2D eigenvalue weighted by atomic mass is 9.80. The molecule has 1 nitrogen and oxygen atoms in total. The Labute approximate surface area is 326 Å². The van der Waals surface area contributed by atoms with Gasteiger partial charge in [0.25, 0.3) is 0 Å². The summed E-state index contributed by atoms with van der Waals surface area (Å²) in [5.41, 5.74) is 13.7. The molecule has 0 atom stereocenters. The van der Waals surface area contributed by atoms with Gasteiger partial charge < -0.3 is 4.90 Å². The standard InChI is InChI=1S/C54H49N/c1-54(2,3)45-32-35-47(40-17-6-4-7-18-40)52(37-45)55(46-33-30-39(31-34-46)44-29-28-38-16-10-11-21-43(38)36-44)51-27-13-12-24-49(51)50-26-15-23-42-22-14-25-48(53(42)50)41-19-8-5-9-20-41/h4,6-7,10-18,21-37,41H,5,8-9,19-20H2,1-3H3. The summed E-state index contributed by atoms with van der Waals surface area (Å²) in [4.78, 5) is 2.53. The van der Waals surface area contributed by atoms with Crippen LogP contribution in [0, 0.1) is 0 Å². The van der Waals surface area contributed by atoms with Gasteiger partial charge in [0.2, 0.25) is 0 Å². The summed E-state index contributed by atoms with van der Waals surface area (Å²) >= 11 is 0. The third-order valence-corrected chi connectivity index (χ3v) is 11.8. The minimum Gasteiger partial charge on any atom is -0.309 e. The zero-order chi connectivity index (χ0) is 37.4. The van der Waals surface area contributed by atoms with E-state index in [0.29, 0.717) is 5.92 Å². The molecule has 0 amide bonds. The Bertz CT molecular complexity index is 2600. The second-order valence-electron chi connectivity index (χ2n) is 16.4. The van der Waals surface area contributed by atoms with Crippen LogP contribution in [-0.2, 0) is 5.41 Å². The molecule has 270 valence electrons. The van der Waals surface area contributed by atoms with E-state index >= 15 is 0 Å². The van der Waals surface area contributed by atoms with Crippen LogP contribution in [0.4, 0.5) is 17.1 Å². The monoisotopic (exact) mass is 711 g/mol. The second kappa shape index (κ2) is 14.7. The van der Waals surface area contributed by atoms with Gasteiger partial charge in [-0.15, -0.1) is 0 Å². The van der Waals surface area contributed by atoms with Crippen molar-refractivity contribution in [2.75, 3.05) is 4.90 Å². The molecule has 1 aliphatic rings. The van der Waals surface area contributed by atoms with Crippen LogP contribution in [0.5, 0.6) is 0 Å². The van der Waals surface area contributed by atoms with E-state index in [0.717, 1.165) is 5.69 Å². The lowest BCUT2D eigenvalue weighted by Gasteiger charge is -2.32. The van der Waals surface area contributed by atoms with Gasteiger partial charge in [-0.25, -0.2) is 0 Å². The minimum absolute atomic E-state index is 0.0281. The van der Waals surface area contributed by atoms with E-state index in [9.17, 15) is 0 Å². The highest BCUT2D eigenvalue weighted by Gasteiger charge is 2.25. The van der Waals surface area contributed by atoms with Crippen LogP contribution in [0.15, 0.2) is 176 Å². The van der Waals surface area contributed by atoms with Gasteiger partial charge in [-0.05, 0) is 109 Å². The Morgan fingerprint density at radius 1 is 0.436 bits per heavy atom. The molecule has 1 fully saturated rings. The van der Waals surface area contributed by atoms with Crippen LogP contribution in [0.3, 0.4) is 0 Å². The first kappa shape index (κ1) is 34.8. The summed E-state index contributed by atoms with van der Waals surface area (Å²) in [6.07, 6.45) is 6.52. The average Bonchev–Trinajstić information content (AvgIpc) is 3.24. The zero-order valence-corrected chi connectivity index (χ0v) is 32.3. The third kappa shape index (κ3) is 6.85. The van der Waals surface area contributed by atoms with Gasteiger partial charge >= 0.3 is 0 Å². The van der Waals surface area contributed by atoms with E-state index in [4.69, 9.17) is 0 Å². The Morgan fingerprint density at radius 3 is 1.87 bits per heavy atom. The molecule has 1 saturated carbocycles. The Kier molecular flexibility index (Phi) is 9.32. The van der Waals surface area contributed by atoms with Gasteiger partial charge in [0.05, 0.1) is 11.4 Å². The highest BCUT2D eigenvalue weighted by molar-refractivity contribution is 6.04. The maximum Gasteiger partial charge on any atom is 0.0543 e. The Morgan fingerprint density at radius 2 is 1.09 bits per heavy atom. The molecule has 55 heavy (non-hydrogen) atoms. The first-order valence-electron chi connectivity index (χ1n) is 20.1. The molecular weight excluding hydrogens is 663 g/mol. The fraction of sp³-hybridized carbons (Fsp3) is 0.185.